The van der Waals surface area contributed by atoms with Crippen molar-refractivity contribution in [2.24, 2.45) is 0 Å². The van der Waals surface area contributed by atoms with Gasteiger partial charge in [-0.05, 0) is 76.7 Å². The Kier molecular flexibility index (Phi) is 5.37. The van der Waals surface area contributed by atoms with Gasteiger partial charge in [0.05, 0.1) is 5.56 Å². The summed E-state index contributed by atoms with van der Waals surface area (Å²) < 4.78 is 0. The lowest BCUT2D eigenvalue weighted by molar-refractivity contribution is 0.0697. The van der Waals surface area contributed by atoms with Crippen LogP contribution in [0.15, 0.2) is 78.4 Å². The maximum Gasteiger partial charge on any atom is 0.335 e. The number of rotatable bonds is 5. The fourth-order valence-corrected chi connectivity index (χ4v) is 4.78. The lowest BCUT2D eigenvalue weighted by Crippen LogP contribution is -2.10. The number of fused-ring (bicyclic) bond motifs is 1. The van der Waals surface area contributed by atoms with Crippen LogP contribution in [0.3, 0.4) is 0 Å². The van der Waals surface area contributed by atoms with Crippen molar-refractivity contribution in [3.05, 3.63) is 95.1 Å². The van der Waals surface area contributed by atoms with E-state index in [4.69, 9.17) is 0 Å². The van der Waals surface area contributed by atoms with Crippen LogP contribution in [0.2, 0.25) is 0 Å². The Morgan fingerprint density at radius 2 is 1.44 bits per heavy atom. The van der Waals surface area contributed by atoms with Crippen molar-refractivity contribution in [1.82, 2.24) is 4.90 Å². The molecule has 0 unspecified atom stereocenters. The molecular formula is C30H27NO3. The molecule has 0 radical (unpaired) electrons. The standard InChI is InChI=1S/C30H27NO3/c1-18-16-22(30(33)34)14-15-23(18)19-8-10-20(11-9-19)26-17-27(28(31(2)3)21-12-13-21)29(32)25-7-5-4-6-24(25)26/h4-11,14-17,32H,12-13H2,1-3H3,(H,33,34). The molecule has 0 amide bonds. The van der Waals surface area contributed by atoms with Gasteiger partial charge < -0.3 is 15.1 Å². The van der Waals surface area contributed by atoms with Crippen molar-refractivity contribution >= 4 is 22.4 Å². The number of hydrogen-bond donors (Lipinski definition) is 2. The first-order chi connectivity index (χ1) is 16.3. The normalized spacial score (nSPS) is 12.6. The maximum absolute atomic E-state index is 11.3. The molecule has 0 atom stereocenters. The Balaban J connectivity index is 1.63. The first-order valence-corrected chi connectivity index (χ1v) is 11.4. The number of hydrogen-bond acceptors (Lipinski definition) is 3. The summed E-state index contributed by atoms with van der Waals surface area (Å²) in [6, 6.07) is 23.7. The lowest BCUT2D eigenvalue weighted by atomic mass is 9.91. The third-order valence-electron chi connectivity index (χ3n) is 6.53. The SMILES string of the molecule is Cc1cc(C(=O)O)ccc1-c1ccc(-c2cc(C(=C3CC3)N(C)C)c(O)c3ccccc23)cc1. The molecule has 0 saturated heterocycles. The number of phenolic OH excluding ortho intramolecular Hbond substituents is 1. The van der Waals surface area contributed by atoms with Crippen LogP contribution in [0.4, 0.5) is 0 Å². The molecule has 1 aliphatic carbocycles. The van der Waals surface area contributed by atoms with Gasteiger partial charge >= 0.3 is 5.97 Å². The average molecular weight is 450 g/mol. The number of benzene rings is 4. The summed E-state index contributed by atoms with van der Waals surface area (Å²) in [5, 5.41) is 22.3. The van der Waals surface area contributed by atoms with Crippen molar-refractivity contribution in [2.45, 2.75) is 19.8 Å². The molecule has 0 bridgehead atoms. The molecule has 0 aliphatic heterocycles. The molecule has 0 aromatic heterocycles. The number of phenols is 1. The summed E-state index contributed by atoms with van der Waals surface area (Å²) in [7, 11) is 4.06. The minimum absolute atomic E-state index is 0.294. The van der Waals surface area contributed by atoms with Gasteiger partial charge in [-0.1, -0.05) is 54.6 Å². The first kappa shape index (κ1) is 21.8. The third kappa shape index (κ3) is 3.81. The largest absolute Gasteiger partial charge is 0.507 e. The molecule has 2 N–H and O–H groups in total. The molecule has 1 fully saturated rings. The zero-order valence-electron chi connectivity index (χ0n) is 19.6. The molecule has 4 heteroatoms. The van der Waals surface area contributed by atoms with Gasteiger partial charge in [0.25, 0.3) is 0 Å². The number of carboxylic acids is 1. The zero-order valence-corrected chi connectivity index (χ0v) is 19.6. The van der Waals surface area contributed by atoms with Crippen LogP contribution in [-0.2, 0) is 0 Å². The summed E-state index contributed by atoms with van der Waals surface area (Å²) in [5.41, 5.74) is 8.77. The van der Waals surface area contributed by atoms with E-state index in [9.17, 15) is 15.0 Å². The minimum atomic E-state index is -0.918. The molecule has 4 nitrogen and oxygen atoms in total. The molecule has 5 rings (SSSR count). The Bertz CT molecular complexity index is 1460. The second-order valence-corrected chi connectivity index (χ2v) is 9.12. The van der Waals surface area contributed by atoms with Crippen LogP contribution in [0, 0.1) is 6.92 Å². The van der Waals surface area contributed by atoms with Gasteiger partial charge in [-0.2, -0.15) is 0 Å². The van der Waals surface area contributed by atoms with Gasteiger partial charge in [0, 0.05) is 30.7 Å². The van der Waals surface area contributed by atoms with Gasteiger partial charge in [-0.15, -0.1) is 0 Å². The van der Waals surface area contributed by atoms with Crippen LogP contribution in [0.25, 0.3) is 38.7 Å². The number of nitrogens with zero attached hydrogens (tertiary/aromatic N) is 1. The molecule has 0 heterocycles. The predicted molar refractivity (Wildman–Crippen MR) is 138 cm³/mol. The van der Waals surface area contributed by atoms with Gasteiger partial charge in [-0.25, -0.2) is 4.79 Å². The van der Waals surface area contributed by atoms with Crippen molar-refractivity contribution < 1.29 is 15.0 Å². The summed E-state index contributed by atoms with van der Waals surface area (Å²) in [6.45, 7) is 1.93. The van der Waals surface area contributed by atoms with Crippen LogP contribution in [-0.4, -0.2) is 35.2 Å². The van der Waals surface area contributed by atoms with E-state index < -0.39 is 5.97 Å². The number of carbonyl (C=O) groups is 1. The van der Waals surface area contributed by atoms with Gasteiger partial charge in [0.15, 0.2) is 0 Å². The van der Waals surface area contributed by atoms with Crippen LogP contribution in [0.5, 0.6) is 5.75 Å². The Labute approximate surface area is 199 Å². The molecule has 170 valence electrons. The number of carboxylic acid groups (broad SMARTS) is 1. The van der Waals surface area contributed by atoms with E-state index >= 15 is 0 Å². The molecule has 34 heavy (non-hydrogen) atoms. The fourth-order valence-electron chi connectivity index (χ4n) is 4.78. The molecule has 1 aliphatic rings. The zero-order chi connectivity index (χ0) is 24.0. The van der Waals surface area contributed by atoms with E-state index in [1.165, 1.54) is 5.57 Å². The second-order valence-electron chi connectivity index (χ2n) is 9.12. The molecule has 4 aromatic carbocycles. The maximum atomic E-state index is 11.3. The highest BCUT2D eigenvalue weighted by molar-refractivity contribution is 6.03. The van der Waals surface area contributed by atoms with Crippen molar-refractivity contribution in [3.63, 3.8) is 0 Å². The van der Waals surface area contributed by atoms with Crippen LogP contribution < -0.4 is 0 Å². The molecule has 4 aromatic rings. The van der Waals surface area contributed by atoms with E-state index in [0.29, 0.717) is 11.3 Å². The lowest BCUT2D eigenvalue weighted by Gasteiger charge is -2.21. The van der Waals surface area contributed by atoms with E-state index in [1.54, 1.807) is 12.1 Å². The van der Waals surface area contributed by atoms with Gasteiger partial charge in [0.1, 0.15) is 5.75 Å². The third-order valence-corrected chi connectivity index (χ3v) is 6.53. The Hall–Kier alpha value is -4.05. The number of aromatic carboxylic acids is 1. The summed E-state index contributed by atoms with van der Waals surface area (Å²) in [5.74, 6) is -0.591. The molecule has 0 spiro atoms. The minimum Gasteiger partial charge on any atom is -0.507 e. The van der Waals surface area contributed by atoms with Crippen molar-refractivity contribution in [3.8, 4) is 28.0 Å². The van der Waals surface area contributed by atoms with E-state index in [2.05, 4.69) is 41.3 Å². The van der Waals surface area contributed by atoms with Gasteiger partial charge in [0.2, 0.25) is 0 Å². The Morgan fingerprint density at radius 1 is 0.824 bits per heavy atom. The number of allylic oxidation sites excluding steroid dienone is 1. The fraction of sp³-hybridized carbons (Fsp3) is 0.167. The molecule has 1 saturated carbocycles. The van der Waals surface area contributed by atoms with E-state index in [-0.39, 0.29) is 0 Å². The summed E-state index contributed by atoms with van der Waals surface area (Å²) in [4.78, 5) is 13.4. The highest BCUT2D eigenvalue weighted by Gasteiger charge is 2.24. The first-order valence-electron chi connectivity index (χ1n) is 11.4. The van der Waals surface area contributed by atoms with Gasteiger partial charge in [-0.3, -0.25) is 0 Å². The highest BCUT2D eigenvalue weighted by Crippen LogP contribution is 2.45. The smallest absolute Gasteiger partial charge is 0.335 e. The Morgan fingerprint density at radius 3 is 2.00 bits per heavy atom. The summed E-state index contributed by atoms with van der Waals surface area (Å²) in [6.07, 6.45) is 2.15. The monoisotopic (exact) mass is 449 g/mol. The van der Waals surface area contributed by atoms with Crippen LogP contribution in [0.1, 0.15) is 34.3 Å². The summed E-state index contributed by atoms with van der Waals surface area (Å²) >= 11 is 0. The molecular weight excluding hydrogens is 422 g/mol. The van der Waals surface area contributed by atoms with Crippen molar-refractivity contribution in [2.75, 3.05) is 14.1 Å². The van der Waals surface area contributed by atoms with Crippen molar-refractivity contribution in [1.29, 1.82) is 0 Å². The highest BCUT2D eigenvalue weighted by atomic mass is 16.4. The topological polar surface area (TPSA) is 60.8 Å². The number of aryl methyl sites for hydroxylation is 1. The van der Waals surface area contributed by atoms with Crippen LogP contribution >= 0.6 is 0 Å². The average Bonchev–Trinajstić information content (AvgIpc) is 3.66. The number of aromatic hydroxyl groups is 1. The second kappa shape index (κ2) is 8.38. The predicted octanol–water partition coefficient (Wildman–Crippen LogP) is 6.95. The quantitative estimate of drug-likeness (QED) is 0.346. The van der Waals surface area contributed by atoms with E-state index in [1.807, 2.05) is 45.3 Å². The van der Waals surface area contributed by atoms with E-state index in [0.717, 1.165) is 62.7 Å².